The normalized spacial score (nSPS) is 12.7. The number of hydrogen-bond donors (Lipinski definition) is 4. The summed E-state index contributed by atoms with van der Waals surface area (Å²) in [6.45, 7) is -0.209. The molecule has 0 saturated carbocycles. The lowest BCUT2D eigenvalue weighted by molar-refractivity contribution is -0.141. The molecule has 244 valence electrons. The molecule has 3 rings (SSSR count). The van der Waals surface area contributed by atoms with Gasteiger partial charge >= 0.3 is 12.4 Å². The van der Waals surface area contributed by atoms with Gasteiger partial charge in [-0.15, -0.1) is 0 Å². The molecule has 20 heteroatoms. The molecular formula is C25H25F6N7O6S. The van der Waals surface area contributed by atoms with Crippen molar-refractivity contribution in [1.82, 2.24) is 19.5 Å². The van der Waals surface area contributed by atoms with Crippen LogP contribution in [-0.2, 0) is 22.6 Å². The Balaban J connectivity index is 1.94. The van der Waals surface area contributed by atoms with E-state index in [1.165, 1.54) is 30.0 Å². The van der Waals surface area contributed by atoms with Crippen molar-refractivity contribution >= 4 is 33.7 Å². The number of halogens is 6. The van der Waals surface area contributed by atoms with Crippen LogP contribution in [0.4, 0.5) is 32.0 Å². The number of pyridine rings is 1. The molecule has 0 radical (unpaired) electrons. The van der Waals surface area contributed by atoms with Gasteiger partial charge in [0.1, 0.15) is 22.9 Å². The number of nitrogens with one attached hydrogen (secondary N) is 3. The van der Waals surface area contributed by atoms with E-state index in [1.54, 1.807) is 0 Å². The van der Waals surface area contributed by atoms with Gasteiger partial charge in [-0.25, -0.2) is 22.8 Å². The molecule has 1 amide bonds. The molecule has 45 heavy (non-hydrogen) atoms. The smallest absolute Gasteiger partial charge is 0.435 e. The van der Waals surface area contributed by atoms with Crippen molar-refractivity contribution in [3.05, 3.63) is 59.0 Å². The van der Waals surface area contributed by atoms with E-state index in [9.17, 15) is 39.6 Å². The van der Waals surface area contributed by atoms with E-state index in [0.29, 0.717) is 28.4 Å². The minimum Gasteiger partial charge on any atom is -0.497 e. The molecule has 0 bridgehead atoms. The molecule has 0 aliphatic carbocycles. The first-order chi connectivity index (χ1) is 20.9. The number of methoxy groups -OCH3 is 2. The molecule has 3 aromatic rings. The van der Waals surface area contributed by atoms with Crippen LogP contribution in [0.2, 0.25) is 0 Å². The zero-order chi connectivity index (χ0) is 33.7. The Kier molecular flexibility index (Phi) is 10.3. The second-order valence-corrected chi connectivity index (χ2v) is 10.9. The van der Waals surface area contributed by atoms with Crippen molar-refractivity contribution in [2.75, 3.05) is 32.3 Å². The van der Waals surface area contributed by atoms with Gasteiger partial charge in [-0.1, -0.05) is 0 Å². The minimum atomic E-state index is -5.20. The molecule has 5 N–H and O–H groups in total. The lowest BCUT2D eigenvalue weighted by Crippen LogP contribution is -2.37. The number of ether oxygens (including phenoxy) is 3. The Morgan fingerprint density at radius 3 is 2.33 bits per heavy atom. The maximum Gasteiger partial charge on any atom is 0.435 e. The fourth-order valence-corrected chi connectivity index (χ4v) is 4.79. The molecule has 0 saturated heterocycles. The maximum absolute atomic E-state index is 13.6. The zero-order valence-electron chi connectivity index (χ0n) is 23.3. The predicted octanol–water partition coefficient (Wildman–Crippen LogP) is 3.40. The fourth-order valence-electron chi connectivity index (χ4n) is 3.89. The van der Waals surface area contributed by atoms with E-state index in [1.807, 2.05) is 0 Å². The van der Waals surface area contributed by atoms with Gasteiger partial charge in [-0.05, 0) is 17.7 Å². The summed E-state index contributed by atoms with van der Waals surface area (Å²) in [6.07, 6.45) is -8.72. The van der Waals surface area contributed by atoms with Crippen LogP contribution in [0.5, 0.6) is 17.4 Å². The highest BCUT2D eigenvalue weighted by Gasteiger charge is 2.37. The molecule has 2 heterocycles. The van der Waals surface area contributed by atoms with E-state index in [4.69, 9.17) is 30.8 Å². The highest BCUT2D eigenvalue weighted by atomic mass is 32.2. The minimum absolute atomic E-state index is 0.160. The monoisotopic (exact) mass is 665 g/mol. The first kappa shape index (κ1) is 34.6. The molecule has 0 fully saturated rings. The molecule has 0 aliphatic heterocycles. The number of rotatable bonds is 12. The number of hydrogen-bond acceptors (Lipinski definition) is 11. The summed E-state index contributed by atoms with van der Waals surface area (Å²) in [5, 5.41) is 19.9. The summed E-state index contributed by atoms with van der Waals surface area (Å²) in [7, 11) is -2.79. The number of aromatic nitrogens is 3. The third kappa shape index (κ3) is 9.06. The Hall–Kier alpha value is -4.88. The quantitative estimate of drug-likeness (QED) is 0.0970. The van der Waals surface area contributed by atoms with Crippen molar-refractivity contribution in [2.24, 2.45) is 0 Å². The van der Waals surface area contributed by atoms with Gasteiger partial charge in [0, 0.05) is 48.4 Å². The fraction of sp³-hybridized carbons (Fsp3) is 0.320. The Morgan fingerprint density at radius 2 is 1.76 bits per heavy atom. The third-order valence-electron chi connectivity index (χ3n) is 5.80. The molecule has 13 nitrogen and oxygen atoms in total. The molecule has 0 spiro atoms. The first-order valence-electron chi connectivity index (χ1n) is 12.4. The summed E-state index contributed by atoms with van der Waals surface area (Å²) in [5.41, 5.74) is 3.66. The number of carbonyl (C=O) groups is 1. The van der Waals surface area contributed by atoms with Gasteiger partial charge in [-0.2, -0.15) is 31.4 Å². The summed E-state index contributed by atoms with van der Waals surface area (Å²) in [5.74, 6) is -6.10. The molecule has 2 aromatic heterocycles. The largest absolute Gasteiger partial charge is 0.497 e. The van der Waals surface area contributed by atoms with E-state index in [0.717, 1.165) is 19.4 Å². The van der Waals surface area contributed by atoms with Gasteiger partial charge < -0.3 is 25.4 Å². The summed E-state index contributed by atoms with van der Waals surface area (Å²) in [4.78, 5) is 16.4. The zero-order valence-corrected chi connectivity index (χ0v) is 24.1. The second-order valence-electron chi connectivity index (χ2n) is 9.13. The van der Waals surface area contributed by atoms with Crippen molar-refractivity contribution in [3.8, 4) is 17.4 Å². The Bertz CT molecular complexity index is 1690. The van der Waals surface area contributed by atoms with Crippen molar-refractivity contribution in [1.29, 1.82) is 10.8 Å². The molecule has 1 atom stereocenters. The summed E-state index contributed by atoms with van der Waals surface area (Å²) in [6, 6.07) is 6.00. The van der Waals surface area contributed by atoms with Gasteiger partial charge in [-0.3, -0.25) is 10.2 Å². The van der Waals surface area contributed by atoms with Crippen LogP contribution in [0.1, 0.15) is 33.2 Å². The van der Waals surface area contributed by atoms with Gasteiger partial charge in [0.25, 0.3) is 5.91 Å². The number of sulfonamides is 1. The third-order valence-corrected chi connectivity index (χ3v) is 7.00. The van der Waals surface area contributed by atoms with E-state index < -0.39 is 62.9 Å². The standard InChI is InChI=1S/C25H25F6N7O6S/c1-42-16-6-14(33)7-17(9-16)44-4-3-15-8-20(25(29,30)31)36-38(15)21(34)19(10-32)13-5-18(23(43-2)35-11-13)22(39)37-45(40,41)12-24(26,27)28/h5-11,19,32,34H,3-4,12,33H2,1-2H3,(H,37,39). The van der Waals surface area contributed by atoms with Crippen LogP contribution in [0.3, 0.4) is 0 Å². The topological polar surface area (TPSA) is 195 Å². The predicted molar refractivity (Wildman–Crippen MR) is 147 cm³/mol. The number of carbonyl (C=O) groups excluding carboxylic acids is 1. The van der Waals surface area contributed by atoms with Crippen LogP contribution >= 0.6 is 0 Å². The maximum atomic E-state index is 13.6. The van der Waals surface area contributed by atoms with Crippen molar-refractivity contribution in [2.45, 2.75) is 24.7 Å². The highest BCUT2D eigenvalue weighted by Crippen LogP contribution is 2.31. The second kappa shape index (κ2) is 13.4. The number of nitrogen functional groups attached to an aromatic ring is 1. The van der Waals surface area contributed by atoms with E-state index in [-0.39, 0.29) is 30.0 Å². The Morgan fingerprint density at radius 1 is 1.09 bits per heavy atom. The average molecular weight is 666 g/mol. The first-order valence-corrected chi connectivity index (χ1v) is 14.0. The molecule has 1 aromatic carbocycles. The highest BCUT2D eigenvalue weighted by molar-refractivity contribution is 7.90. The van der Waals surface area contributed by atoms with E-state index in [2.05, 4.69) is 10.1 Å². The lowest BCUT2D eigenvalue weighted by Gasteiger charge is -2.18. The number of nitrogens with two attached hydrogens (primary N) is 1. The molecular weight excluding hydrogens is 640 g/mol. The van der Waals surface area contributed by atoms with E-state index >= 15 is 0 Å². The van der Waals surface area contributed by atoms with Crippen LogP contribution in [0.15, 0.2) is 36.5 Å². The lowest BCUT2D eigenvalue weighted by atomic mass is 9.99. The number of amides is 1. The summed E-state index contributed by atoms with van der Waals surface area (Å²) >= 11 is 0. The SMILES string of the molecule is COc1cc(N)cc(OCCc2cc(C(F)(F)F)nn2C(=N)C(C=N)c2cnc(OC)c(C(=O)NS(=O)(=O)CC(F)(F)F)c2)c1. The molecule has 0 aliphatic rings. The van der Waals surface area contributed by atoms with Gasteiger partial charge in [0.15, 0.2) is 11.4 Å². The van der Waals surface area contributed by atoms with Crippen LogP contribution in [0.25, 0.3) is 0 Å². The van der Waals surface area contributed by atoms with Crippen LogP contribution in [-0.4, -0.2) is 73.9 Å². The number of anilines is 1. The summed E-state index contributed by atoms with van der Waals surface area (Å²) < 4.78 is 120. The Labute approximate surface area is 251 Å². The average Bonchev–Trinajstić information content (AvgIpc) is 3.36. The molecule has 1 unspecified atom stereocenters. The number of benzene rings is 1. The van der Waals surface area contributed by atoms with Crippen LogP contribution < -0.4 is 24.7 Å². The van der Waals surface area contributed by atoms with Crippen molar-refractivity contribution < 1.29 is 53.8 Å². The van der Waals surface area contributed by atoms with Gasteiger partial charge in [0.2, 0.25) is 15.9 Å². The van der Waals surface area contributed by atoms with Crippen LogP contribution in [0, 0.1) is 10.8 Å². The number of alkyl halides is 6. The van der Waals surface area contributed by atoms with Gasteiger partial charge in [0.05, 0.1) is 26.7 Å². The van der Waals surface area contributed by atoms with Crippen molar-refractivity contribution in [3.63, 3.8) is 0 Å². The number of nitrogens with zero attached hydrogens (tertiary/aromatic N) is 3.